The Morgan fingerprint density at radius 1 is 1.36 bits per heavy atom. The summed E-state index contributed by atoms with van der Waals surface area (Å²) >= 11 is 0. The van der Waals surface area contributed by atoms with E-state index in [-0.39, 0.29) is 18.6 Å². The average molecular weight is 339 g/mol. The number of nitrogens with zero attached hydrogens (tertiary/aromatic N) is 2. The number of rotatable bonds is 3. The van der Waals surface area contributed by atoms with Crippen molar-refractivity contribution in [1.82, 2.24) is 10.3 Å². The van der Waals surface area contributed by atoms with Crippen LogP contribution in [-0.4, -0.2) is 47.9 Å². The topological polar surface area (TPSA) is 91.8 Å². The van der Waals surface area contributed by atoms with E-state index in [1.807, 2.05) is 24.3 Å². The van der Waals surface area contributed by atoms with Crippen molar-refractivity contribution in [1.29, 1.82) is 0 Å². The maximum atomic E-state index is 12.0. The molecule has 25 heavy (non-hydrogen) atoms. The Morgan fingerprint density at radius 3 is 2.84 bits per heavy atom. The van der Waals surface area contributed by atoms with Crippen LogP contribution in [0.5, 0.6) is 0 Å². The first-order valence-corrected chi connectivity index (χ1v) is 8.04. The van der Waals surface area contributed by atoms with E-state index < -0.39 is 12.2 Å². The summed E-state index contributed by atoms with van der Waals surface area (Å²) in [4.78, 5) is 29.4. The van der Waals surface area contributed by atoms with Crippen molar-refractivity contribution in [2.24, 2.45) is 0 Å². The highest BCUT2D eigenvalue weighted by Crippen LogP contribution is 2.40. The molecule has 7 heteroatoms. The minimum Gasteiger partial charge on any atom is -0.441 e. The monoisotopic (exact) mass is 339 g/mol. The molecular formula is C18H17N3O4. The first-order chi connectivity index (χ1) is 12.1. The van der Waals surface area contributed by atoms with Gasteiger partial charge in [-0.2, -0.15) is 0 Å². The number of amides is 2. The fourth-order valence-electron chi connectivity index (χ4n) is 3.44. The van der Waals surface area contributed by atoms with Gasteiger partial charge in [-0.25, -0.2) is 4.79 Å². The lowest BCUT2D eigenvalue weighted by atomic mass is 10.0. The van der Waals surface area contributed by atoms with Gasteiger partial charge < -0.3 is 15.2 Å². The van der Waals surface area contributed by atoms with E-state index in [0.717, 1.165) is 22.4 Å². The zero-order valence-electron chi connectivity index (χ0n) is 13.6. The number of carbonyl (C=O) groups is 2. The molecule has 1 aromatic heterocycles. The summed E-state index contributed by atoms with van der Waals surface area (Å²) in [6.07, 6.45) is 1.40. The van der Waals surface area contributed by atoms with Crippen molar-refractivity contribution in [2.75, 3.05) is 18.6 Å². The van der Waals surface area contributed by atoms with Crippen molar-refractivity contribution >= 4 is 17.7 Å². The summed E-state index contributed by atoms with van der Waals surface area (Å²) < 4.78 is 5.18. The minimum atomic E-state index is -0.489. The molecule has 0 saturated carbocycles. The molecule has 4 rings (SSSR count). The van der Waals surface area contributed by atoms with E-state index in [2.05, 4.69) is 10.3 Å². The highest BCUT2D eigenvalue weighted by atomic mass is 16.6. The van der Waals surface area contributed by atoms with E-state index in [1.54, 1.807) is 24.2 Å². The SMILES string of the molecule is CNC(=O)c1ccc(-c2ccc3c(c2)C[C@H]2[C@H](CO)OC(=O)N32)cn1. The summed E-state index contributed by atoms with van der Waals surface area (Å²) in [7, 11) is 1.56. The summed E-state index contributed by atoms with van der Waals surface area (Å²) in [5.41, 5.74) is 4.08. The fraction of sp³-hybridized carbons (Fsp3) is 0.278. The highest BCUT2D eigenvalue weighted by Gasteiger charge is 2.47. The van der Waals surface area contributed by atoms with Gasteiger partial charge in [0.05, 0.1) is 18.3 Å². The van der Waals surface area contributed by atoms with Crippen LogP contribution >= 0.6 is 0 Å². The molecule has 1 saturated heterocycles. The standard InChI is InChI=1S/C18H17N3O4/c1-19-17(23)13-4-2-11(8-20-13)10-3-5-14-12(6-10)7-15-16(9-22)25-18(24)21(14)15/h2-6,8,15-16,22H,7,9H2,1H3,(H,19,23)/t15-,16-/m0/s1. The lowest BCUT2D eigenvalue weighted by Crippen LogP contribution is -2.34. The smallest absolute Gasteiger partial charge is 0.415 e. The van der Waals surface area contributed by atoms with Crippen LogP contribution in [0.1, 0.15) is 16.1 Å². The second kappa shape index (κ2) is 5.86. The number of ether oxygens (including phenoxy) is 1. The summed E-state index contributed by atoms with van der Waals surface area (Å²) in [5, 5.41) is 11.9. The van der Waals surface area contributed by atoms with E-state index in [9.17, 15) is 14.7 Å². The molecule has 2 aliphatic heterocycles. The van der Waals surface area contributed by atoms with Crippen LogP contribution in [0.15, 0.2) is 36.5 Å². The molecule has 0 aliphatic carbocycles. The third kappa shape index (κ3) is 2.44. The Morgan fingerprint density at radius 2 is 2.16 bits per heavy atom. The molecule has 0 spiro atoms. The molecule has 2 amide bonds. The Balaban J connectivity index is 1.64. The van der Waals surface area contributed by atoms with E-state index >= 15 is 0 Å². The van der Waals surface area contributed by atoms with Gasteiger partial charge in [0.2, 0.25) is 0 Å². The summed E-state index contributed by atoms with van der Waals surface area (Å²) in [5.74, 6) is -0.227. The first kappa shape index (κ1) is 15.6. The zero-order valence-corrected chi connectivity index (χ0v) is 13.6. The number of hydrogen-bond acceptors (Lipinski definition) is 5. The van der Waals surface area contributed by atoms with Gasteiger partial charge in [-0.05, 0) is 35.7 Å². The Kier molecular flexibility index (Phi) is 3.65. The summed E-state index contributed by atoms with van der Waals surface area (Å²) in [6.45, 7) is -0.182. The van der Waals surface area contributed by atoms with Crippen LogP contribution < -0.4 is 10.2 Å². The lowest BCUT2D eigenvalue weighted by molar-refractivity contribution is 0.0830. The molecule has 0 radical (unpaired) electrons. The molecule has 1 aromatic carbocycles. The average Bonchev–Trinajstić information content (AvgIpc) is 3.17. The highest BCUT2D eigenvalue weighted by molar-refractivity contribution is 5.94. The van der Waals surface area contributed by atoms with Gasteiger partial charge in [-0.15, -0.1) is 0 Å². The molecule has 128 valence electrons. The van der Waals surface area contributed by atoms with Gasteiger partial charge in [0, 0.05) is 18.8 Å². The van der Waals surface area contributed by atoms with Crippen molar-refractivity contribution < 1.29 is 19.4 Å². The molecular weight excluding hydrogens is 322 g/mol. The van der Waals surface area contributed by atoms with Crippen molar-refractivity contribution in [3.8, 4) is 11.1 Å². The number of anilines is 1. The van der Waals surface area contributed by atoms with Gasteiger partial charge in [0.25, 0.3) is 5.91 Å². The number of carbonyl (C=O) groups excluding carboxylic acids is 2. The fourth-order valence-corrected chi connectivity index (χ4v) is 3.44. The lowest BCUT2D eigenvalue weighted by Gasteiger charge is -2.14. The molecule has 3 heterocycles. The number of aliphatic hydroxyl groups excluding tert-OH is 1. The normalized spacial score (nSPS) is 20.9. The molecule has 2 aliphatic rings. The van der Waals surface area contributed by atoms with E-state index in [4.69, 9.17) is 4.74 Å². The number of benzene rings is 1. The number of fused-ring (bicyclic) bond motifs is 3. The maximum absolute atomic E-state index is 12.0. The van der Waals surface area contributed by atoms with Crippen LogP contribution in [0.25, 0.3) is 11.1 Å². The van der Waals surface area contributed by atoms with E-state index in [0.29, 0.717) is 12.1 Å². The Bertz CT molecular complexity index is 850. The number of pyridine rings is 1. The number of cyclic esters (lactones) is 1. The first-order valence-electron chi connectivity index (χ1n) is 8.04. The van der Waals surface area contributed by atoms with Crippen molar-refractivity contribution in [2.45, 2.75) is 18.6 Å². The van der Waals surface area contributed by atoms with Crippen molar-refractivity contribution in [3.63, 3.8) is 0 Å². The third-order valence-electron chi connectivity index (χ3n) is 4.71. The van der Waals surface area contributed by atoms with Crippen LogP contribution in [0.3, 0.4) is 0 Å². The number of aliphatic hydroxyl groups is 1. The van der Waals surface area contributed by atoms with Gasteiger partial charge in [-0.1, -0.05) is 12.1 Å². The molecule has 0 unspecified atom stereocenters. The van der Waals surface area contributed by atoms with Crippen LogP contribution in [0.2, 0.25) is 0 Å². The predicted octanol–water partition coefficient (Wildman–Crippen LogP) is 1.35. The predicted molar refractivity (Wildman–Crippen MR) is 90.4 cm³/mol. The number of hydrogen-bond donors (Lipinski definition) is 2. The van der Waals surface area contributed by atoms with Crippen molar-refractivity contribution in [3.05, 3.63) is 47.8 Å². The largest absolute Gasteiger partial charge is 0.441 e. The second-order valence-corrected chi connectivity index (χ2v) is 6.10. The minimum absolute atomic E-state index is 0.156. The molecule has 2 aromatic rings. The Labute approximate surface area is 144 Å². The number of nitrogens with one attached hydrogen (secondary N) is 1. The molecule has 0 bridgehead atoms. The molecule has 1 fully saturated rings. The maximum Gasteiger partial charge on any atom is 0.415 e. The van der Waals surface area contributed by atoms with Gasteiger partial charge >= 0.3 is 6.09 Å². The van der Waals surface area contributed by atoms with E-state index in [1.165, 1.54) is 0 Å². The van der Waals surface area contributed by atoms with Gasteiger partial charge in [0.15, 0.2) is 0 Å². The molecule has 2 N–H and O–H groups in total. The van der Waals surface area contributed by atoms with Crippen LogP contribution in [0, 0.1) is 0 Å². The van der Waals surface area contributed by atoms with Crippen LogP contribution in [0.4, 0.5) is 10.5 Å². The third-order valence-corrected chi connectivity index (χ3v) is 4.71. The second-order valence-electron chi connectivity index (χ2n) is 6.10. The molecule has 7 nitrogen and oxygen atoms in total. The summed E-state index contributed by atoms with van der Waals surface area (Å²) in [6, 6.07) is 9.19. The number of aromatic nitrogens is 1. The quantitative estimate of drug-likeness (QED) is 0.881. The van der Waals surface area contributed by atoms with Gasteiger partial charge in [0.1, 0.15) is 11.8 Å². The van der Waals surface area contributed by atoms with Gasteiger partial charge in [-0.3, -0.25) is 14.7 Å². The molecule has 2 atom stereocenters. The zero-order chi connectivity index (χ0) is 17.6. The Hall–Kier alpha value is -2.93. The van der Waals surface area contributed by atoms with Crippen LogP contribution in [-0.2, 0) is 11.2 Å².